The second kappa shape index (κ2) is 10.8. The molecule has 5 nitrogen and oxygen atoms in total. The third kappa shape index (κ3) is 6.08. The zero-order chi connectivity index (χ0) is 19.6. The summed E-state index contributed by atoms with van der Waals surface area (Å²) in [5.74, 6) is 0.869. The molecular weight excluding hydrogens is 348 g/mol. The monoisotopic (exact) mass is 380 g/mol. The van der Waals surface area contributed by atoms with Crippen LogP contribution in [0, 0.1) is 0 Å². The van der Waals surface area contributed by atoms with Gasteiger partial charge in [-0.15, -0.1) is 0 Å². The predicted molar refractivity (Wildman–Crippen MR) is 115 cm³/mol. The van der Waals surface area contributed by atoms with Gasteiger partial charge in [-0.05, 0) is 29.5 Å². The van der Waals surface area contributed by atoms with Crippen molar-refractivity contribution < 1.29 is 4.74 Å². The first-order chi connectivity index (χ1) is 13.8. The van der Waals surface area contributed by atoms with Gasteiger partial charge in [-0.25, -0.2) is 0 Å². The Morgan fingerprint density at radius 2 is 1.71 bits per heavy atom. The largest absolute Gasteiger partial charge is 0.380 e. The predicted octanol–water partition coefficient (Wildman–Crippen LogP) is 3.16. The van der Waals surface area contributed by atoms with Gasteiger partial charge in [0.05, 0.1) is 6.61 Å². The van der Waals surface area contributed by atoms with Crippen LogP contribution in [0.2, 0.25) is 0 Å². The molecule has 1 saturated heterocycles. The SMILES string of the molecule is CN=C(NCc1ccccc1COC)NC1CCN(Cc2ccccc2)CC1. The van der Waals surface area contributed by atoms with Gasteiger partial charge >= 0.3 is 0 Å². The topological polar surface area (TPSA) is 48.9 Å². The van der Waals surface area contributed by atoms with E-state index in [1.165, 1.54) is 16.7 Å². The van der Waals surface area contributed by atoms with E-state index in [0.29, 0.717) is 12.6 Å². The zero-order valence-electron chi connectivity index (χ0n) is 17.0. The number of guanidine groups is 1. The molecule has 1 fully saturated rings. The van der Waals surface area contributed by atoms with Crippen molar-refractivity contribution >= 4 is 5.96 Å². The van der Waals surface area contributed by atoms with Gasteiger partial charge in [0.25, 0.3) is 0 Å². The summed E-state index contributed by atoms with van der Waals surface area (Å²) in [6.07, 6.45) is 2.27. The van der Waals surface area contributed by atoms with Crippen molar-refractivity contribution in [2.45, 2.75) is 38.6 Å². The Balaban J connectivity index is 1.44. The van der Waals surface area contributed by atoms with Crippen LogP contribution in [0.5, 0.6) is 0 Å². The molecule has 0 aliphatic carbocycles. The molecule has 1 aliphatic rings. The summed E-state index contributed by atoms with van der Waals surface area (Å²) in [7, 11) is 3.57. The van der Waals surface area contributed by atoms with Crippen LogP contribution < -0.4 is 10.6 Å². The van der Waals surface area contributed by atoms with Gasteiger partial charge < -0.3 is 15.4 Å². The summed E-state index contributed by atoms with van der Waals surface area (Å²) in [5.41, 5.74) is 3.84. The highest BCUT2D eigenvalue weighted by Crippen LogP contribution is 2.14. The van der Waals surface area contributed by atoms with Crippen LogP contribution in [0.25, 0.3) is 0 Å². The molecule has 1 heterocycles. The molecule has 0 bridgehead atoms. The fraction of sp³-hybridized carbons (Fsp3) is 0.435. The molecule has 150 valence electrons. The highest BCUT2D eigenvalue weighted by atomic mass is 16.5. The fourth-order valence-electron chi connectivity index (χ4n) is 3.67. The molecule has 0 unspecified atom stereocenters. The maximum Gasteiger partial charge on any atom is 0.191 e. The summed E-state index contributed by atoms with van der Waals surface area (Å²) in [4.78, 5) is 6.94. The third-order valence-corrected chi connectivity index (χ3v) is 5.27. The lowest BCUT2D eigenvalue weighted by molar-refractivity contribution is 0.184. The van der Waals surface area contributed by atoms with Crippen molar-refractivity contribution in [1.82, 2.24) is 15.5 Å². The third-order valence-electron chi connectivity index (χ3n) is 5.27. The van der Waals surface area contributed by atoms with Crippen LogP contribution in [0.4, 0.5) is 0 Å². The van der Waals surface area contributed by atoms with Gasteiger partial charge in [0.15, 0.2) is 5.96 Å². The summed E-state index contributed by atoms with van der Waals surface area (Å²) in [6, 6.07) is 19.5. The van der Waals surface area contributed by atoms with Crippen LogP contribution in [0.15, 0.2) is 59.6 Å². The minimum absolute atomic E-state index is 0.465. The lowest BCUT2D eigenvalue weighted by Gasteiger charge is -2.33. The fourth-order valence-corrected chi connectivity index (χ4v) is 3.67. The minimum atomic E-state index is 0.465. The van der Waals surface area contributed by atoms with Crippen molar-refractivity contribution in [2.24, 2.45) is 4.99 Å². The van der Waals surface area contributed by atoms with E-state index in [1.54, 1.807) is 7.11 Å². The number of methoxy groups -OCH3 is 1. The van der Waals surface area contributed by atoms with Gasteiger partial charge in [0.2, 0.25) is 0 Å². The van der Waals surface area contributed by atoms with Crippen LogP contribution >= 0.6 is 0 Å². The number of rotatable bonds is 7. The van der Waals surface area contributed by atoms with Crippen molar-refractivity contribution in [1.29, 1.82) is 0 Å². The van der Waals surface area contributed by atoms with Gasteiger partial charge in [-0.3, -0.25) is 9.89 Å². The van der Waals surface area contributed by atoms with E-state index in [0.717, 1.165) is 45.0 Å². The standard InChI is InChI=1S/C23H32N4O/c1-24-23(25-16-20-10-6-7-11-21(20)18-28-2)26-22-12-14-27(15-13-22)17-19-8-4-3-5-9-19/h3-11,22H,12-18H2,1-2H3,(H2,24,25,26). The highest BCUT2D eigenvalue weighted by molar-refractivity contribution is 5.80. The number of hydrogen-bond donors (Lipinski definition) is 2. The molecule has 2 aromatic carbocycles. The Kier molecular flexibility index (Phi) is 7.88. The molecule has 0 amide bonds. The minimum Gasteiger partial charge on any atom is -0.380 e. The van der Waals surface area contributed by atoms with E-state index in [1.807, 2.05) is 13.1 Å². The normalized spacial score (nSPS) is 16.1. The second-order valence-electron chi connectivity index (χ2n) is 7.31. The summed E-state index contributed by atoms with van der Waals surface area (Å²) in [6.45, 7) is 4.63. The molecule has 3 rings (SSSR count). The lowest BCUT2D eigenvalue weighted by atomic mass is 10.0. The Morgan fingerprint density at radius 3 is 2.39 bits per heavy atom. The number of hydrogen-bond acceptors (Lipinski definition) is 3. The number of benzene rings is 2. The maximum absolute atomic E-state index is 5.30. The Labute approximate surface area is 168 Å². The maximum atomic E-state index is 5.30. The molecule has 28 heavy (non-hydrogen) atoms. The van der Waals surface area contributed by atoms with Crippen molar-refractivity contribution in [2.75, 3.05) is 27.2 Å². The first-order valence-corrected chi connectivity index (χ1v) is 10.1. The Bertz CT molecular complexity index is 739. The Morgan fingerprint density at radius 1 is 1.04 bits per heavy atom. The average Bonchev–Trinajstić information content (AvgIpc) is 2.74. The molecule has 0 aromatic heterocycles. The van der Waals surface area contributed by atoms with E-state index < -0.39 is 0 Å². The van der Waals surface area contributed by atoms with Gasteiger partial charge in [0.1, 0.15) is 0 Å². The highest BCUT2D eigenvalue weighted by Gasteiger charge is 2.20. The van der Waals surface area contributed by atoms with E-state index in [-0.39, 0.29) is 0 Å². The van der Waals surface area contributed by atoms with E-state index >= 15 is 0 Å². The van der Waals surface area contributed by atoms with Crippen LogP contribution in [-0.4, -0.2) is 44.1 Å². The summed E-state index contributed by atoms with van der Waals surface area (Å²) < 4.78 is 5.30. The smallest absolute Gasteiger partial charge is 0.191 e. The first kappa shape index (κ1) is 20.4. The quantitative estimate of drug-likeness (QED) is 0.572. The van der Waals surface area contributed by atoms with Gasteiger partial charge in [-0.1, -0.05) is 54.6 Å². The lowest BCUT2D eigenvalue weighted by Crippen LogP contribution is -2.48. The van der Waals surface area contributed by atoms with E-state index in [4.69, 9.17) is 4.74 Å². The van der Waals surface area contributed by atoms with Gasteiger partial charge in [0, 0.05) is 46.4 Å². The molecule has 0 spiro atoms. The number of ether oxygens (including phenoxy) is 1. The number of nitrogens with one attached hydrogen (secondary N) is 2. The van der Waals surface area contributed by atoms with E-state index in [9.17, 15) is 0 Å². The molecule has 0 saturated carbocycles. The molecule has 2 aromatic rings. The van der Waals surface area contributed by atoms with Crippen molar-refractivity contribution in [3.8, 4) is 0 Å². The Hall–Kier alpha value is -2.37. The summed E-state index contributed by atoms with van der Waals surface area (Å²) >= 11 is 0. The second-order valence-corrected chi connectivity index (χ2v) is 7.31. The molecule has 0 radical (unpaired) electrons. The first-order valence-electron chi connectivity index (χ1n) is 10.1. The zero-order valence-corrected chi connectivity index (χ0v) is 17.0. The molecule has 0 atom stereocenters. The van der Waals surface area contributed by atoms with Gasteiger partial charge in [-0.2, -0.15) is 0 Å². The number of aliphatic imine (C=N–C) groups is 1. The van der Waals surface area contributed by atoms with Crippen LogP contribution in [-0.2, 0) is 24.4 Å². The number of nitrogens with zero attached hydrogens (tertiary/aromatic N) is 2. The summed E-state index contributed by atoms with van der Waals surface area (Å²) in [5, 5.41) is 7.05. The van der Waals surface area contributed by atoms with Crippen LogP contribution in [0.1, 0.15) is 29.5 Å². The molecule has 5 heteroatoms. The molecule has 1 aliphatic heterocycles. The molecular formula is C23H32N4O. The van der Waals surface area contributed by atoms with Crippen molar-refractivity contribution in [3.63, 3.8) is 0 Å². The average molecular weight is 381 g/mol. The van der Waals surface area contributed by atoms with E-state index in [2.05, 4.69) is 69.1 Å². The van der Waals surface area contributed by atoms with Crippen molar-refractivity contribution in [3.05, 3.63) is 71.3 Å². The number of piperidine rings is 1. The van der Waals surface area contributed by atoms with Crippen LogP contribution in [0.3, 0.4) is 0 Å². The molecule has 2 N–H and O–H groups in total. The number of likely N-dealkylation sites (tertiary alicyclic amines) is 1.